The van der Waals surface area contributed by atoms with Crippen molar-refractivity contribution < 1.29 is 9.59 Å². The van der Waals surface area contributed by atoms with Crippen LogP contribution in [0.15, 0.2) is 30.3 Å². The first-order chi connectivity index (χ1) is 14.3. The van der Waals surface area contributed by atoms with Crippen molar-refractivity contribution in [3.8, 4) is 0 Å². The van der Waals surface area contributed by atoms with Crippen LogP contribution in [0, 0.1) is 13.8 Å². The van der Waals surface area contributed by atoms with E-state index in [4.69, 9.17) is 9.97 Å². The number of carbonyl (C=O) groups is 2. The Balaban J connectivity index is 1.66. The lowest BCUT2D eigenvalue weighted by molar-refractivity contribution is -0.132. The number of hydrogen-bond acceptors (Lipinski definition) is 4. The summed E-state index contributed by atoms with van der Waals surface area (Å²) < 4.78 is 0. The van der Waals surface area contributed by atoms with E-state index >= 15 is 0 Å². The average Bonchev–Trinajstić information content (AvgIpc) is 2.75. The van der Waals surface area contributed by atoms with Crippen molar-refractivity contribution in [3.05, 3.63) is 58.7 Å². The zero-order chi connectivity index (χ0) is 21.7. The molecule has 2 amide bonds. The first-order valence-electron chi connectivity index (χ1n) is 10.7. The Morgan fingerprint density at radius 1 is 1.10 bits per heavy atom. The summed E-state index contributed by atoms with van der Waals surface area (Å²) in [4.78, 5) is 37.9. The second-order valence-corrected chi connectivity index (χ2v) is 8.36. The molecule has 3 rings (SSSR count). The van der Waals surface area contributed by atoms with E-state index < -0.39 is 0 Å². The van der Waals surface area contributed by atoms with Crippen LogP contribution >= 0.6 is 0 Å². The molecule has 0 aliphatic carbocycles. The molecule has 1 fully saturated rings. The summed E-state index contributed by atoms with van der Waals surface area (Å²) in [6.07, 6.45) is 3.56. The molecule has 0 spiro atoms. The first kappa shape index (κ1) is 21.9. The SMILES string of the molecule is Cc1nc([C@@H]2CCCN(C(=O)CCc3ccccc3)C2)nc(C)c1CC(=O)N(C)C. The van der Waals surface area contributed by atoms with Gasteiger partial charge in [-0.15, -0.1) is 0 Å². The van der Waals surface area contributed by atoms with Crippen LogP contribution in [0.2, 0.25) is 0 Å². The highest BCUT2D eigenvalue weighted by molar-refractivity contribution is 5.78. The zero-order valence-electron chi connectivity index (χ0n) is 18.5. The van der Waals surface area contributed by atoms with Crippen LogP contribution in [0.4, 0.5) is 0 Å². The van der Waals surface area contributed by atoms with Crippen LogP contribution in [0.3, 0.4) is 0 Å². The quantitative estimate of drug-likeness (QED) is 0.737. The third-order valence-corrected chi connectivity index (χ3v) is 5.87. The van der Waals surface area contributed by atoms with Crippen LogP contribution in [0.5, 0.6) is 0 Å². The monoisotopic (exact) mass is 408 g/mol. The van der Waals surface area contributed by atoms with Crippen molar-refractivity contribution >= 4 is 11.8 Å². The molecule has 0 bridgehead atoms. The fourth-order valence-corrected chi connectivity index (χ4v) is 3.98. The third-order valence-electron chi connectivity index (χ3n) is 5.87. The summed E-state index contributed by atoms with van der Waals surface area (Å²) in [5.74, 6) is 1.19. The molecule has 0 unspecified atom stereocenters. The molecule has 1 atom stereocenters. The van der Waals surface area contributed by atoms with E-state index in [0.717, 1.165) is 48.6 Å². The van der Waals surface area contributed by atoms with Gasteiger partial charge in [0, 0.05) is 56.5 Å². The maximum absolute atomic E-state index is 12.8. The van der Waals surface area contributed by atoms with Crippen LogP contribution in [0.1, 0.15) is 53.5 Å². The van der Waals surface area contributed by atoms with Crippen molar-refractivity contribution in [1.82, 2.24) is 19.8 Å². The molecule has 2 heterocycles. The maximum atomic E-state index is 12.8. The van der Waals surface area contributed by atoms with Gasteiger partial charge < -0.3 is 9.80 Å². The summed E-state index contributed by atoms with van der Waals surface area (Å²) in [6, 6.07) is 10.1. The Morgan fingerprint density at radius 3 is 2.40 bits per heavy atom. The highest BCUT2D eigenvalue weighted by Gasteiger charge is 2.27. The summed E-state index contributed by atoms with van der Waals surface area (Å²) in [7, 11) is 3.52. The third kappa shape index (κ3) is 5.43. The number of amides is 2. The largest absolute Gasteiger partial charge is 0.349 e. The highest BCUT2D eigenvalue weighted by atomic mass is 16.2. The summed E-state index contributed by atoms with van der Waals surface area (Å²) in [6.45, 7) is 5.37. The molecule has 6 heteroatoms. The van der Waals surface area contributed by atoms with Gasteiger partial charge in [-0.1, -0.05) is 30.3 Å². The molecule has 1 aliphatic rings. The van der Waals surface area contributed by atoms with E-state index in [9.17, 15) is 9.59 Å². The lowest BCUT2D eigenvalue weighted by atomic mass is 9.95. The summed E-state index contributed by atoms with van der Waals surface area (Å²) in [5.41, 5.74) is 3.82. The summed E-state index contributed by atoms with van der Waals surface area (Å²) >= 11 is 0. The number of aryl methyl sites for hydroxylation is 3. The van der Waals surface area contributed by atoms with Gasteiger partial charge in [0.05, 0.1) is 6.42 Å². The number of nitrogens with zero attached hydrogens (tertiary/aromatic N) is 4. The van der Waals surface area contributed by atoms with Crippen molar-refractivity contribution in [1.29, 1.82) is 0 Å². The Bertz CT molecular complexity index is 872. The Labute approximate surface area is 179 Å². The van der Waals surface area contributed by atoms with Crippen LogP contribution in [-0.2, 0) is 22.4 Å². The van der Waals surface area contributed by atoms with E-state index in [2.05, 4.69) is 12.1 Å². The molecule has 30 heavy (non-hydrogen) atoms. The Hall–Kier alpha value is -2.76. The van der Waals surface area contributed by atoms with Crippen LogP contribution < -0.4 is 0 Å². The standard InChI is InChI=1S/C24H32N4O2/c1-17-21(15-23(30)27(3)4)18(2)26-24(25-17)20-11-8-14-28(16-20)22(29)13-12-19-9-6-5-7-10-19/h5-7,9-10,20H,8,11-16H2,1-4H3/t20-/m1/s1. The van der Waals surface area contributed by atoms with Gasteiger partial charge >= 0.3 is 0 Å². The maximum Gasteiger partial charge on any atom is 0.226 e. The summed E-state index contributed by atoms with van der Waals surface area (Å²) in [5, 5.41) is 0. The van der Waals surface area contributed by atoms with Gasteiger partial charge in [-0.3, -0.25) is 9.59 Å². The van der Waals surface area contributed by atoms with Crippen LogP contribution in [-0.4, -0.2) is 58.8 Å². The number of carbonyl (C=O) groups excluding carboxylic acids is 2. The number of benzene rings is 1. The molecule has 1 aromatic heterocycles. The van der Waals surface area contributed by atoms with Gasteiger partial charge in [-0.05, 0) is 38.7 Å². The number of likely N-dealkylation sites (tertiary alicyclic amines) is 1. The highest BCUT2D eigenvalue weighted by Crippen LogP contribution is 2.26. The number of hydrogen-bond donors (Lipinski definition) is 0. The van der Waals surface area contributed by atoms with E-state index in [0.29, 0.717) is 19.4 Å². The number of rotatable bonds is 6. The lowest BCUT2D eigenvalue weighted by Crippen LogP contribution is -2.39. The second kappa shape index (κ2) is 9.83. The van der Waals surface area contributed by atoms with Crippen molar-refractivity contribution in [2.75, 3.05) is 27.2 Å². The predicted octanol–water partition coefficient (Wildman–Crippen LogP) is 3.06. The molecule has 1 aliphatic heterocycles. The lowest BCUT2D eigenvalue weighted by Gasteiger charge is -2.32. The van der Waals surface area contributed by atoms with Crippen LogP contribution in [0.25, 0.3) is 0 Å². The number of piperidine rings is 1. The molecule has 160 valence electrons. The van der Waals surface area contributed by atoms with E-state index in [1.165, 1.54) is 5.56 Å². The molecule has 0 radical (unpaired) electrons. The number of aromatic nitrogens is 2. The van der Waals surface area contributed by atoms with Gasteiger partial charge in [0.2, 0.25) is 11.8 Å². The predicted molar refractivity (Wildman–Crippen MR) is 117 cm³/mol. The normalized spacial score (nSPS) is 16.4. The number of likely N-dealkylation sites (N-methyl/N-ethyl adjacent to an activating group) is 1. The van der Waals surface area contributed by atoms with Gasteiger partial charge in [-0.2, -0.15) is 0 Å². The van der Waals surface area contributed by atoms with E-state index in [-0.39, 0.29) is 17.7 Å². The minimum absolute atomic E-state index is 0.0467. The minimum Gasteiger partial charge on any atom is -0.349 e. The first-order valence-corrected chi connectivity index (χ1v) is 10.7. The van der Waals surface area contributed by atoms with Gasteiger partial charge in [0.15, 0.2) is 0 Å². The molecule has 1 saturated heterocycles. The molecule has 2 aromatic rings. The second-order valence-electron chi connectivity index (χ2n) is 8.36. The fraction of sp³-hybridized carbons (Fsp3) is 0.500. The molecule has 0 N–H and O–H groups in total. The molecule has 0 saturated carbocycles. The topological polar surface area (TPSA) is 66.4 Å². The van der Waals surface area contributed by atoms with Crippen molar-refractivity contribution in [2.45, 2.75) is 51.9 Å². The average molecular weight is 409 g/mol. The Kier molecular flexibility index (Phi) is 7.19. The molecule has 6 nitrogen and oxygen atoms in total. The van der Waals surface area contributed by atoms with E-state index in [1.807, 2.05) is 36.9 Å². The van der Waals surface area contributed by atoms with Gasteiger partial charge in [0.1, 0.15) is 5.82 Å². The smallest absolute Gasteiger partial charge is 0.226 e. The van der Waals surface area contributed by atoms with Crippen molar-refractivity contribution in [3.63, 3.8) is 0 Å². The van der Waals surface area contributed by atoms with Gasteiger partial charge in [0.25, 0.3) is 0 Å². The molecule has 1 aromatic carbocycles. The van der Waals surface area contributed by atoms with E-state index in [1.54, 1.807) is 19.0 Å². The fourth-order valence-electron chi connectivity index (χ4n) is 3.98. The Morgan fingerprint density at radius 2 is 1.77 bits per heavy atom. The zero-order valence-corrected chi connectivity index (χ0v) is 18.5. The molecular weight excluding hydrogens is 376 g/mol. The van der Waals surface area contributed by atoms with Gasteiger partial charge in [-0.25, -0.2) is 9.97 Å². The van der Waals surface area contributed by atoms with Crippen molar-refractivity contribution in [2.24, 2.45) is 0 Å². The minimum atomic E-state index is 0.0467. The molecular formula is C24H32N4O2.